The summed E-state index contributed by atoms with van der Waals surface area (Å²) >= 11 is 6.17. The van der Waals surface area contributed by atoms with Crippen LogP contribution in [0.2, 0.25) is 5.02 Å². The lowest BCUT2D eigenvalue weighted by Crippen LogP contribution is -2.47. The fraction of sp³-hybridized carbons (Fsp3) is 0.409. The summed E-state index contributed by atoms with van der Waals surface area (Å²) in [6.07, 6.45) is -2.00. The quantitative estimate of drug-likeness (QED) is 0.606. The smallest absolute Gasteiger partial charge is 0.396 e. The lowest BCUT2D eigenvalue weighted by molar-refractivity contribution is -0.135. The first kappa shape index (κ1) is 23.2. The van der Waals surface area contributed by atoms with Crippen molar-refractivity contribution in [3.8, 4) is 0 Å². The van der Waals surface area contributed by atoms with Gasteiger partial charge < -0.3 is 26.7 Å². The van der Waals surface area contributed by atoms with Gasteiger partial charge in [-0.1, -0.05) is 11.6 Å². The zero-order valence-corrected chi connectivity index (χ0v) is 18.5. The molecule has 0 saturated carbocycles. The van der Waals surface area contributed by atoms with Crippen LogP contribution in [0.1, 0.15) is 19.3 Å². The van der Waals surface area contributed by atoms with Gasteiger partial charge in [-0.25, -0.2) is 0 Å². The molecule has 7 nitrogen and oxygen atoms in total. The number of nitrogens with zero attached hydrogens (tertiary/aromatic N) is 3. The molecule has 1 amide bonds. The molecular weight excluding hydrogens is 457 g/mol. The third kappa shape index (κ3) is 4.57. The highest BCUT2D eigenvalue weighted by Gasteiger charge is 2.38. The molecule has 0 bridgehead atoms. The second-order valence-corrected chi connectivity index (χ2v) is 8.80. The number of fused-ring (bicyclic) bond motifs is 1. The molecule has 2 aliphatic heterocycles. The van der Waals surface area contributed by atoms with Crippen molar-refractivity contribution in [1.82, 2.24) is 9.88 Å². The Morgan fingerprint density at radius 3 is 2.55 bits per heavy atom. The minimum absolute atomic E-state index is 0.0743. The average Bonchev–Trinajstić information content (AvgIpc) is 2.77. The number of rotatable bonds is 2. The van der Waals surface area contributed by atoms with E-state index >= 15 is 0 Å². The molecule has 5 N–H and O–H groups in total. The van der Waals surface area contributed by atoms with Gasteiger partial charge in [0.05, 0.1) is 35.3 Å². The fourth-order valence-electron chi connectivity index (χ4n) is 4.55. The standard InChI is InChI=1S/C22H24ClF3N6O/c23-13-1-2-18-15(9-13)19(16(27)10-30-18)31-6-3-12(4-7-31)21(33)32-8-5-14(17(28)11-32)20(29)22(24,25)26/h1-2,9-10,12,28H,3-8,11,27,29H2. The van der Waals surface area contributed by atoms with Crippen LogP contribution >= 0.6 is 11.6 Å². The van der Waals surface area contributed by atoms with Gasteiger partial charge in [0.25, 0.3) is 0 Å². The monoisotopic (exact) mass is 480 g/mol. The van der Waals surface area contributed by atoms with E-state index in [-0.39, 0.29) is 42.6 Å². The van der Waals surface area contributed by atoms with Crippen molar-refractivity contribution in [2.24, 2.45) is 11.7 Å². The van der Waals surface area contributed by atoms with Gasteiger partial charge in [0.1, 0.15) is 5.70 Å². The molecule has 1 aromatic heterocycles. The van der Waals surface area contributed by atoms with Crippen LogP contribution in [0.15, 0.2) is 35.7 Å². The van der Waals surface area contributed by atoms with Crippen LogP contribution < -0.4 is 16.4 Å². The molecule has 1 aromatic carbocycles. The molecule has 2 aromatic rings. The van der Waals surface area contributed by atoms with Crippen LogP contribution in [-0.4, -0.2) is 53.9 Å². The minimum atomic E-state index is -4.68. The molecule has 2 saturated heterocycles. The van der Waals surface area contributed by atoms with E-state index in [0.717, 1.165) is 16.6 Å². The SMILES string of the molecule is N=C1CN(C(=O)C2CCN(c3c(N)cnc4ccc(Cl)cc34)CC2)CCC1=C(N)C(F)(F)F. The molecule has 176 valence electrons. The summed E-state index contributed by atoms with van der Waals surface area (Å²) in [5, 5.41) is 9.41. The summed E-state index contributed by atoms with van der Waals surface area (Å²) in [6, 6.07) is 5.42. The topological polar surface area (TPSA) is 112 Å². The molecule has 0 aliphatic carbocycles. The third-order valence-electron chi connectivity index (χ3n) is 6.28. The molecule has 0 atom stereocenters. The van der Waals surface area contributed by atoms with Crippen LogP contribution in [-0.2, 0) is 4.79 Å². The maximum absolute atomic E-state index is 13.0. The van der Waals surface area contributed by atoms with E-state index in [2.05, 4.69) is 9.88 Å². The summed E-state index contributed by atoms with van der Waals surface area (Å²) in [5.74, 6) is -0.405. The zero-order chi connectivity index (χ0) is 23.9. The number of halogens is 4. The number of pyridine rings is 1. The summed E-state index contributed by atoms with van der Waals surface area (Å²) in [6.45, 7) is 1.13. The van der Waals surface area contributed by atoms with Gasteiger partial charge >= 0.3 is 6.18 Å². The van der Waals surface area contributed by atoms with Crippen molar-refractivity contribution in [3.63, 3.8) is 0 Å². The first-order valence-electron chi connectivity index (χ1n) is 10.6. The van der Waals surface area contributed by atoms with Crippen LogP contribution in [0.5, 0.6) is 0 Å². The number of piperidine rings is 2. The van der Waals surface area contributed by atoms with Gasteiger partial charge in [-0.05, 0) is 37.5 Å². The van der Waals surface area contributed by atoms with Crippen LogP contribution in [0.25, 0.3) is 10.9 Å². The van der Waals surface area contributed by atoms with E-state index in [4.69, 9.17) is 28.5 Å². The maximum Gasteiger partial charge on any atom is 0.431 e. The number of nitrogens with one attached hydrogen (secondary N) is 1. The number of carbonyl (C=O) groups excluding carboxylic acids is 1. The minimum Gasteiger partial charge on any atom is -0.396 e. The number of hydrogen-bond donors (Lipinski definition) is 3. The largest absolute Gasteiger partial charge is 0.431 e. The highest BCUT2D eigenvalue weighted by Crippen LogP contribution is 2.36. The first-order chi connectivity index (χ1) is 15.6. The predicted octanol–water partition coefficient (Wildman–Crippen LogP) is 3.71. The molecule has 2 aliphatic rings. The number of likely N-dealkylation sites (tertiary alicyclic amines) is 1. The molecule has 0 unspecified atom stereocenters. The third-order valence-corrected chi connectivity index (χ3v) is 6.51. The molecule has 2 fully saturated rings. The van der Waals surface area contributed by atoms with Gasteiger partial charge in [-0.15, -0.1) is 0 Å². The van der Waals surface area contributed by atoms with Gasteiger partial charge in [-0.3, -0.25) is 9.78 Å². The summed E-state index contributed by atoms with van der Waals surface area (Å²) in [4.78, 5) is 21.0. The second kappa shape index (κ2) is 8.74. The Hall–Kier alpha value is -3.01. The van der Waals surface area contributed by atoms with Crippen molar-refractivity contribution in [1.29, 1.82) is 5.41 Å². The van der Waals surface area contributed by atoms with Crippen molar-refractivity contribution >= 4 is 45.5 Å². The Balaban J connectivity index is 1.44. The van der Waals surface area contributed by atoms with Gasteiger partial charge in [0, 0.05) is 41.5 Å². The van der Waals surface area contributed by atoms with Gasteiger partial charge in [0.2, 0.25) is 5.91 Å². The Kier molecular flexibility index (Phi) is 6.13. The Labute approximate surface area is 193 Å². The molecule has 0 radical (unpaired) electrons. The maximum atomic E-state index is 13.0. The van der Waals surface area contributed by atoms with E-state index < -0.39 is 11.9 Å². The second-order valence-electron chi connectivity index (χ2n) is 8.36. The number of hydrogen-bond acceptors (Lipinski definition) is 6. The molecule has 11 heteroatoms. The van der Waals surface area contributed by atoms with E-state index in [1.54, 1.807) is 12.3 Å². The van der Waals surface area contributed by atoms with Crippen LogP contribution in [0.3, 0.4) is 0 Å². The van der Waals surface area contributed by atoms with E-state index in [9.17, 15) is 18.0 Å². The van der Waals surface area contributed by atoms with E-state index in [0.29, 0.717) is 36.6 Å². The van der Waals surface area contributed by atoms with Crippen molar-refractivity contribution in [2.75, 3.05) is 36.8 Å². The number of nitrogens with two attached hydrogens (primary N) is 2. The fourth-order valence-corrected chi connectivity index (χ4v) is 4.72. The predicted molar refractivity (Wildman–Crippen MR) is 122 cm³/mol. The zero-order valence-electron chi connectivity index (χ0n) is 17.8. The Bertz CT molecular complexity index is 1140. The number of amides is 1. The average molecular weight is 481 g/mol. The van der Waals surface area contributed by atoms with Crippen LogP contribution in [0, 0.1) is 11.3 Å². The normalized spacial score (nSPS) is 19.8. The van der Waals surface area contributed by atoms with Gasteiger partial charge in [0.15, 0.2) is 0 Å². The molecule has 4 rings (SSSR count). The van der Waals surface area contributed by atoms with Crippen molar-refractivity contribution in [3.05, 3.63) is 40.7 Å². The first-order valence-corrected chi connectivity index (χ1v) is 10.9. The summed E-state index contributed by atoms with van der Waals surface area (Å²) < 4.78 is 38.7. The van der Waals surface area contributed by atoms with E-state index in [1.807, 2.05) is 12.1 Å². The Morgan fingerprint density at radius 2 is 1.91 bits per heavy atom. The number of nitrogen functional groups attached to an aromatic ring is 1. The molecule has 0 spiro atoms. The summed E-state index contributed by atoms with van der Waals surface area (Å²) in [5.41, 5.74) is 11.8. The number of anilines is 2. The highest BCUT2D eigenvalue weighted by molar-refractivity contribution is 6.31. The van der Waals surface area contributed by atoms with Crippen molar-refractivity contribution in [2.45, 2.75) is 25.4 Å². The number of aromatic nitrogens is 1. The highest BCUT2D eigenvalue weighted by atomic mass is 35.5. The van der Waals surface area contributed by atoms with E-state index in [1.165, 1.54) is 4.90 Å². The number of allylic oxidation sites excluding steroid dienone is 1. The van der Waals surface area contributed by atoms with Gasteiger partial charge in [-0.2, -0.15) is 13.2 Å². The number of benzene rings is 1. The molecule has 3 heterocycles. The van der Waals surface area contributed by atoms with Crippen molar-refractivity contribution < 1.29 is 18.0 Å². The molecule has 33 heavy (non-hydrogen) atoms. The number of alkyl halides is 3. The lowest BCUT2D eigenvalue weighted by atomic mass is 9.92. The van der Waals surface area contributed by atoms with Crippen LogP contribution in [0.4, 0.5) is 24.5 Å². The Morgan fingerprint density at radius 1 is 1.21 bits per heavy atom. The number of carbonyl (C=O) groups is 1. The molecular formula is C22H24ClF3N6O. The summed E-state index contributed by atoms with van der Waals surface area (Å²) in [7, 11) is 0. The lowest BCUT2D eigenvalue weighted by Gasteiger charge is -2.37.